The summed E-state index contributed by atoms with van der Waals surface area (Å²) >= 11 is 0. The molecule has 2 aromatic rings. The van der Waals surface area contributed by atoms with Crippen LogP contribution in [0.4, 0.5) is 10.1 Å². The summed E-state index contributed by atoms with van der Waals surface area (Å²) in [7, 11) is -4.33. The van der Waals surface area contributed by atoms with Crippen LogP contribution in [0.5, 0.6) is 11.6 Å². The minimum atomic E-state index is -4.33. The van der Waals surface area contributed by atoms with Gasteiger partial charge in [-0.25, -0.2) is 18.4 Å². The molecule has 1 aliphatic rings. The van der Waals surface area contributed by atoms with Gasteiger partial charge < -0.3 is 14.9 Å². The van der Waals surface area contributed by atoms with Crippen molar-refractivity contribution in [3.63, 3.8) is 0 Å². The van der Waals surface area contributed by atoms with Gasteiger partial charge in [0, 0.05) is 17.9 Å². The van der Waals surface area contributed by atoms with Crippen molar-refractivity contribution in [2.45, 2.75) is 25.4 Å². The number of benzene rings is 1. The normalized spacial score (nSPS) is 17.6. The van der Waals surface area contributed by atoms with E-state index in [4.69, 9.17) is 10.00 Å². The zero-order valence-electron chi connectivity index (χ0n) is 15.2. The number of phenolic OH excluding ortho intramolecular Hbond substituents is 1. The predicted molar refractivity (Wildman–Crippen MR) is 98.7 cm³/mol. The number of fused-ring (bicyclic) bond motifs is 1. The second kappa shape index (κ2) is 7.34. The van der Waals surface area contributed by atoms with Gasteiger partial charge in [-0.1, -0.05) is 0 Å². The lowest BCUT2D eigenvalue weighted by Crippen LogP contribution is -2.30. The molecular weight excluding hydrogens is 407 g/mol. The van der Waals surface area contributed by atoms with E-state index in [-0.39, 0.29) is 36.2 Å². The number of anilines is 1. The third-order valence-electron chi connectivity index (χ3n) is 4.27. The summed E-state index contributed by atoms with van der Waals surface area (Å²) in [6.45, 7) is 0.801. The largest absolute Gasteiger partial charge is 0.506 e. The summed E-state index contributed by atoms with van der Waals surface area (Å²) in [4.78, 5) is 15.4. The van der Waals surface area contributed by atoms with Crippen molar-refractivity contribution in [3.8, 4) is 17.7 Å². The van der Waals surface area contributed by atoms with E-state index < -0.39 is 45.5 Å². The van der Waals surface area contributed by atoms with Gasteiger partial charge in [0.25, 0.3) is 5.91 Å². The van der Waals surface area contributed by atoms with Gasteiger partial charge in [0.1, 0.15) is 23.5 Å². The molecule has 12 heteroatoms. The average Bonchev–Trinajstić information content (AvgIpc) is 2.87. The number of amides is 1. The molecule has 0 bridgehead atoms. The van der Waals surface area contributed by atoms with E-state index in [1.807, 2.05) is 6.07 Å². The first-order valence-electron chi connectivity index (χ1n) is 8.42. The number of aromatic hydroxyl groups is 1. The minimum absolute atomic E-state index is 0.000669. The highest BCUT2D eigenvalue weighted by Crippen LogP contribution is 2.38. The number of nitrogens with one attached hydrogen (secondary N) is 1. The first-order valence-corrected chi connectivity index (χ1v) is 9.86. The Morgan fingerprint density at radius 2 is 2.21 bits per heavy atom. The van der Waals surface area contributed by atoms with E-state index >= 15 is 4.39 Å². The van der Waals surface area contributed by atoms with Crippen LogP contribution in [-0.4, -0.2) is 48.3 Å². The molecule has 1 amide bonds. The van der Waals surface area contributed by atoms with Gasteiger partial charge in [0.2, 0.25) is 5.88 Å². The zero-order valence-corrected chi connectivity index (χ0v) is 16.0. The lowest BCUT2D eigenvalue weighted by molar-refractivity contribution is -0.117. The Morgan fingerprint density at radius 3 is 2.83 bits per heavy atom. The standard InChI is InChI=1S/C17H17FN4O6S/c1-17(25,4-6-19)5-7-28-13-3-2-10-8-11(23)16(14(18)15(10)20-13)22-9-12(24)21-29(22,26)27/h2-3,8,23,25H,4-5,7,9H2,1H3,(H,21,24). The summed E-state index contributed by atoms with van der Waals surface area (Å²) in [5, 5.41) is 28.9. The highest BCUT2D eigenvalue weighted by Gasteiger charge is 2.38. The molecule has 1 unspecified atom stereocenters. The fourth-order valence-corrected chi connectivity index (χ4v) is 3.95. The van der Waals surface area contributed by atoms with Gasteiger partial charge in [-0.05, 0) is 19.1 Å². The number of rotatable bonds is 6. The molecule has 3 rings (SSSR count). The Morgan fingerprint density at radius 1 is 1.48 bits per heavy atom. The number of nitrogens with zero attached hydrogens (tertiary/aromatic N) is 3. The van der Waals surface area contributed by atoms with Crippen molar-refractivity contribution in [3.05, 3.63) is 24.0 Å². The van der Waals surface area contributed by atoms with Crippen LogP contribution in [-0.2, 0) is 15.0 Å². The van der Waals surface area contributed by atoms with Gasteiger partial charge in [0.15, 0.2) is 5.82 Å². The van der Waals surface area contributed by atoms with Crippen molar-refractivity contribution in [2.24, 2.45) is 0 Å². The van der Waals surface area contributed by atoms with Crippen molar-refractivity contribution in [1.29, 1.82) is 5.26 Å². The van der Waals surface area contributed by atoms with Crippen molar-refractivity contribution < 1.29 is 32.6 Å². The number of carbonyl (C=O) groups is 1. The fourth-order valence-electron chi connectivity index (χ4n) is 2.78. The first kappa shape index (κ1) is 20.6. The molecule has 1 saturated heterocycles. The quantitative estimate of drug-likeness (QED) is 0.612. The minimum Gasteiger partial charge on any atom is -0.506 e. The molecule has 1 fully saturated rings. The monoisotopic (exact) mass is 424 g/mol. The molecule has 10 nitrogen and oxygen atoms in total. The SMILES string of the molecule is CC(O)(CC#N)CCOc1ccc2cc(O)c(N3CC(=O)NS3(=O)=O)c(F)c2n1. The molecule has 29 heavy (non-hydrogen) atoms. The van der Waals surface area contributed by atoms with Crippen molar-refractivity contribution >= 4 is 32.7 Å². The lowest BCUT2D eigenvalue weighted by Gasteiger charge is -2.20. The Labute approximate surface area is 165 Å². The number of carbonyl (C=O) groups excluding carboxylic acids is 1. The van der Waals surface area contributed by atoms with Crippen LogP contribution in [0.15, 0.2) is 18.2 Å². The molecule has 1 atom stereocenters. The number of nitriles is 1. The van der Waals surface area contributed by atoms with E-state index in [0.29, 0.717) is 4.31 Å². The van der Waals surface area contributed by atoms with Gasteiger partial charge in [-0.3, -0.25) is 4.79 Å². The number of aromatic nitrogens is 1. The summed E-state index contributed by atoms with van der Waals surface area (Å²) in [6.07, 6.45) is 0.0409. The van der Waals surface area contributed by atoms with E-state index in [1.54, 1.807) is 4.72 Å². The summed E-state index contributed by atoms with van der Waals surface area (Å²) in [5.74, 6) is -2.67. The van der Waals surface area contributed by atoms with Crippen molar-refractivity contribution in [1.82, 2.24) is 9.71 Å². The van der Waals surface area contributed by atoms with Gasteiger partial charge in [-0.15, -0.1) is 0 Å². The van der Waals surface area contributed by atoms with Gasteiger partial charge in [0.05, 0.1) is 24.7 Å². The zero-order chi connectivity index (χ0) is 21.4. The average molecular weight is 424 g/mol. The van der Waals surface area contributed by atoms with Gasteiger partial charge in [-0.2, -0.15) is 13.7 Å². The van der Waals surface area contributed by atoms with Crippen molar-refractivity contribution in [2.75, 3.05) is 17.5 Å². The summed E-state index contributed by atoms with van der Waals surface area (Å²) in [5.41, 5.74) is -2.22. The van der Waals surface area contributed by atoms with Gasteiger partial charge >= 0.3 is 10.2 Å². The number of halogens is 1. The summed E-state index contributed by atoms with van der Waals surface area (Å²) < 4.78 is 46.6. The van der Waals surface area contributed by atoms with Crippen LogP contribution in [0.25, 0.3) is 10.9 Å². The highest BCUT2D eigenvalue weighted by molar-refractivity contribution is 7.92. The number of hydrogen-bond acceptors (Lipinski definition) is 8. The van der Waals surface area contributed by atoms with E-state index in [0.717, 1.165) is 6.07 Å². The first-order chi connectivity index (χ1) is 13.5. The van der Waals surface area contributed by atoms with Crippen LogP contribution >= 0.6 is 0 Å². The maximum Gasteiger partial charge on any atom is 0.326 e. The number of pyridine rings is 1. The van der Waals surface area contributed by atoms with Crippen LogP contribution in [0.2, 0.25) is 0 Å². The Kier molecular flexibility index (Phi) is 5.20. The highest BCUT2D eigenvalue weighted by atomic mass is 32.2. The Bertz CT molecular complexity index is 1130. The van der Waals surface area contributed by atoms with E-state index in [2.05, 4.69) is 4.98 Å². The Balaban J connectivity index is 1.93. The second-order valence-electron chi connectivity index (χ2n) is 6.75. The van der Waals surface area contributed by atoms with Crippen LogP contribution in [0.3, 0.4) is 0 Å². The topological polar surface area (TPSA) is 153 Å². The lowest BCUT2D eigenvalue weighted by atomic mass is 10.00. The number of phenols is 1. The van der Waals surface area contributed by atoms with E-state index in [9.17, 15) is 23.4 Å². The molecule has 0 spiro atoms. The molecule has 0 saturated carbocycles. The molecule has 1 aromatic heterocycles. The van der Waals surface area contributed by atoms with E-state index in [1.165, 1.54) is 19.1 Å². The number of aliphatic hydroxyl groups is 1. The summed E-state index contributed by atoms with van der Waals surface area (Å²) in [6, 6.07) is 5.82. The molecule has 1 aliphatic heterocycles. The molecule has 2 heterocycles. The van der Waals surface area contributed by atoms with Crippen LogP contribution in [0.1, 0.15) is 19.8 Å². The third kappa shape index (κ3) is 4.15. The molecule has 3 N–H and O–H groups in total. The van der Waals surface area contributed by atoms with Crippen LogP contribution in [0, 0.1) is 17.1 Å². The maximum absolute atomic E-state index is 15.0. The second-order valence-corrected chi connectivity index (χ2v) is 8.34. The molecule has 1 aromatic carbocycles. The molecule has 0 aliphatic carbocycles. The number of ether oxygens (including phenoxy) is 1. The Hall–Kier alpha value is -3.17. The maximum atomic E-state index is 15.0. The van der Waals surface area contributed by atoms with Crippen LogP contribution < -0.4 is 13.8 Å². The molecular formula is C17H17FN4O6S. The molecule has 0 radical (unpaired) electrons. The smallest absolute Gasteiger partial charge is 0.326 e. The fraction of sp³-hybridized carbons (Fsp3) is 0.353. The molecule has 154 valence electrons. The third-order valence-corrected chi connectivity index (χ3v) is 5.65. The predicted octanol–water partition coefficient (Wildman–Crippen LogP) is 0.694. The number of hydrogen-bond donors (Lipinski definition) is 3.